The number of nitrogens with zero attached hydrogens (tertiary/aromatic N) is 1. The van der Waals surface area contributed by atoms with Gasteiger partial charge in [0.1, 0.15) is 0 Å². The molecule has 0 aromatic heterocycles. The molecule has 2 rings (SSSR count). The Morgan fingerprint density at radius 2 is 2.20 bits per heavy atom. The second kappa shape index (κ2) is 4.77. The van der Waals surface area contributed by atoms with Crippen LogP contribution in [-0.2, 0) is 4.74 Å². The molecule has 0 bridgehead atoms. The molecule has 1 aliphatic carbocycles. The van der Waals surface area contributed by atoms with Crippen LogP contribution in [0.4, 0.5) is 0 Å². The van der Waals surface area contributed by atoms with Crippen LogP contribution in [0.25, 0.3) is 0 Å². The summed E-state index contributed by atoms with van der Waals surface area (Å²) in [6.45, 7) is 0.598. The highest BCUT2D eigenvalue weighted by Gasteiger charge is 2.24. The van der Waals surface area contributed by atoms with Crippen LogP contribution in [0.15, 0.2) is 16.8 Å². The van der Waals surface area contributed by atoms with E-state index in [4.69, 9.17) is 10.5 Å². The Hall–Kier alpha value is -0.870. The molecule has 0 spiro atoms. The fraction of sp³-hybridized carbons (Fsp3) is 0.727. The summed E-state index contributed by atoms with van der Waals surface area (Å²) in [6.07, 6.45) is 6.70. The van der Waals surface area contributed by atoms with Crippen LogP contribution in [0.1, 0.15) is 25.7 Å². The molecule has 2 unspecified atom stereocenters. The average molecular weight is 210 g/mol. The van der Waals surface area contributed by atoms with E-state index in [1.165, 1.54) is 19.0 Å². The van der Waals surface area contributed by atoms with E-state index in [0.717, 1.165) is 5.57 Å². The molecule has 2 aliphatic rings. The van der Waals surface area contributed by atoms with E-state index in [1.807, 2.05) is 0 Å². The highest BCUT2D eigenvalue weighted by molar-refractivity contribution is 5.80. The molecule has 1 heterocycles. The Balaban J connectivity index is 1.92. The van der Waals surface area contributed by atoms with Gasteiger partial charge >= 0.3 is 0 Å². The molecule has 4 nitrogen and oxygen atoms in total. The summed E-state index contributed by atoms with van der Waals surface area (Å²) in [7, 11) is 0. The van der Waals surface area contributed by atoms with Crippen molar-refractivity contribution in [1.82, 2.24) is 0 Å². The highest BCUT2D eigenvalue weighted by Crippen LogP contribution is 2.24. The van der Waals surface area contributed by atoms with E-state index in [1.54, 1.807) is 6.21 Å². The molecular formula is C11H18N2O2. The minimum absolute atomic E-state index is 0.0822. The molecule has 1 saturated carbocycles. The highest BCUT2D eigenvalue weighted by atomic mass is 16.5. The van der Waals surface area contributed by atoms with E-state index < -0.39 is 0 Å². The lowest BCUT2D eigenvalue weighted by Crippen LogP contribution is -2.31. The maximum absolute atomic E-state index is 9.52. The minimum Gasteiger partial charge on any atom is -0.404 e. The molecule has 0 amide bonds. The Morgan fingerprint density at radius 3 is 2.80 bits per heavy atom. The van der Waals surface area contributed by atoms with E-state index in [2.05, 4.69) is 4.99 Å². The van der Waals surface area contributed by atoms with Gasteiger partial charge in [-0.15, -0.1) is 0 Å². The molecule has 1 saturated heterocycles. The van der Waals surface area contributed by atoms with Crippen molar-refractivity contribution < 1.29 is 9.84 Å². The summed E-state index contributed by atoms with van der Waals surface area (Å²) in [4.78, 5) is 4.37. The van der Waals surface area contributed by atoms with Crippen molar-refractivity contribution >= 4 is 6.21 Å². The van der Waals surface area contributed by atoms with Gasteiger partial charge < -0.3 is 15.6 Å². The van der Waals surface area contributed by atoms with Crippen molar-refractivity contribution in [3.8, 4) is 0 Å². The van der Waals surface area contributed by atoms with Crippen LogP contribution in [0, 0.1) is 0 Å². The minimum atomic E-state index is -0.270. The quantitative estimate of drug-likeness (QED) is 0.670. The largest absolute Gasteiger partial charge is 0.404 e. The molecule has 0 radical (unpaired) electrons. The van der Waals surface area contributed by atoms with E-state index in [-0.39, 0.29) is 12.2 Å². The molecule has 0 aromatic carbocycles. The standard InChI is InChI=1S/C11H18N2O2/c12-6-8(7-13-9-1-2-9)11-5-10(14)3-4-15-11/h6-7,9-11,14H,1-5,12H2/b8-6+,13-7?. The molecule has 84 valence electrons. The fourth-order valence-electron chi connectivity index (χ4n) is 1.66. The number of hydrogen-bond donors (Lipinski definition) is 2. The van der Waals surface area contributed by atoms with Crippen molar-refractivity contribution in [3.05, 3.63) is 11.8 Å². The van der Waals surface area contributed by atoms with Gasteiger partial charge in [-0.3, -0.25) is 4.99 Å². The molecule has 3 N–H and O–H groups in total. The van der Waals surface area contributed by atoms with Crippen LogP contribution in [0.5, 0.6) is 0 Å². The summed E-state index contributed by atoms with van der Waals surface area (Å²) in [5.74, 6) is 0. The SMILES string of the molecule is N/C=C(\C=NC1CC1)C1CC(O)CCO1. The maximum Gasteiger partial charge on any atom is 0.0878 e. The molecule has 15 heavy (non-hydrogen) atoms. The summed E-state index contributed by atoms with van der Waals surface area (Å²) in [6, 6.07) is 0.494. The van der Waals surface area contributed by atoms with Crippen LogP contribution in [0.2, 0.25) is 0 Å². The van der Waals surface area contributed by atoms with Gasteiger partial charge in [-0.05, 0) is 19.3 Å². The maximum atomic E-state index is 9.52. The van der Waals surface area contributed by atoms with Crippen molar-refractivity contribution in [2.24, 2.45) is 10.7 Å². The van der Waals surface area contributed by atoms with Crippen LogP contribution in [-0.4, -0.2) is 36.2 Å². The van der Waals surface area contributed by atoms with Crippen molar-refractivity contribution in [3.63, 3.8) is 0 Å². The van der Waals surface area contributed by atoms with E-state index in [9.17, 15) is 5.11 Å². The smallest absolute Gasteiger partial charge is 0.0878 e. The fourth-order valence-corrected chi connectivity index (χ4v) is 1.66. The van der Waals surface area contributed by atoms with Crippen LogP contribution in [0.3, 0.4) is 0 Å². The topological polar surface area (TPSA) is 67.8 Å². The van der Waals surface area contributed by atoms with Gasteiger partial charge in [-0.2, -0.15) is 0 Å². The zero-order valence-corrected chi connectivity index (χ0v) is 8.80. The third-order valence-corrected chi connectivity index (χ3v) is 2.80. The number of hydrogen-bond acceptors (Lipinski definition) is 4. The number of aliphatic hydroxyl groups is 1. The average Bonchev–Trinajstić information content (AvgIpc) is 3.03. The van der Waals surface area contributed by atoms with Crippen molar-refractivity contribution in [2.45, 2.75) is 43.9 Å². The van der Waals surface area contributed by atoms with Gasteiger partial charge in [0.15, 0.2) is 0 Å². The molecule has 4 heteroatoms. The van der Waals surface area contributed by atoms with Gasteiger partial charge in [-0.1, -0.05) is 0 Å². The number of ether oxygens (including phenoxy) is 1. The zero-order chi connectivity index (χ0) is 10.7. The molecule has 0 aromatic rings. The molecule has 1 aliphatic heterocycles. The summed E-state index contributed by atoms with van der Waals surface area (Å²) in [5, 5.41) is 9.52. The van der Waals surface area contributed by atoms with E-state index >= 15 is 0 Å². The number of aliphatic imine (C=N–C) groups is 1. The number of aliphatic hydroxyl groups excluding tert-OH is 1. The second-order valence-corrected chi connectivity index (χ2v) is 4.21. The van der Waals surface area contributed by atoms with Gasteiger partial charge in [0.2, 0.25) is 0 Å². The van der Waals surface area contributed by atoms with E-state index in [0.29, 0.717) is 25.5 Å². The van der Waals surface area contributed by atoms with Gasteiger partial charge in [0.05, 0.1) is 18.2 Å². The third-order valence-electron chi connectivity index (χ3n) is 2.80. The molecule has 2 fully saturated rings. The first-order valence-electron chi connectivity index (χ1n) is 5.54. The molecular weight excluding hydrogens is 192 g/mol. The Bertz CT molecular complexity index is 272. The van der Waals surface area contributed by atoms with Crippen molar-refractivity contribution in [1.29, 1.82) is 0 Å². The second-order valence-electron chi connectivity index (χ2n) is 4.21. The predicted octanol–water partition coefficient (Wildman–Crippen LogP) is 0.602. The Labute approximate surface area is 89.8 Å². The third kappa shape index (κ3) is 3.04. The van der Waals surface area contributed by atoms with Gasteiger partial charge in [0, 0.05) is 31.0 Å². The number of nitrogens with two attached hydrogens (primary N) is 1. The lowest BCUT2D eigenvalue weighted by Gasteiger charge is -2.26. The van der Waals surface area contributed by atoms with Gasteiger partial charge in [-0.25, -0.2) is 0 Å². The first-order chi connectivity index (χ1) is 7.29. The van der Waals surface area contributed by atoms with Crippen LogP contribution >= 0.6 is 0 Å². The monoisotopic (exact) mass is 210 g/mol. The first kappa shape index (κ1) is 10.6. The summed E-state index contributed by atoms with van der Waals surface area (Å²) in [5.41, 5.74) is 6.43. The number of rotatable bonds is 3. The lowest BCUT2D eigenvalue weighted by atomic mass is 10.0. The molecule has 2 atom stereocenters. The Kier molecular flexibility index (Phi) is 3.38. The predicted molar refractivity (Wildman–Crippen MR) is 58.8 cm³/mol. The summed E-state index contributed by atoms with van der Waals surface area (Å²) >= 11 is 0. The van der Waals surface area contributed by atoms with Gasteiger partial charge in [0.25, 0.3) is 0 Å². The first-order valence-corrected chi connectivity index (χ1v) is 5.54. The van der Waals surface area contributed by atoms with Crippen molar-refractivity contribution in [2.75, 3.05) is 6.61 Å². The zero-order valence-electron chi connectivity index (χ0n) is 8.80. The normalized spacial score (nSPS) is 33.5. The van der Waals surface area contributed by atoms with Crippen LogP contribution < -0.4 is 5.73 Å². The Morgan fingerprint density at radius 1 is 1.40 bits per heavy atom. The summed E-state index contributed by atoms with van der Waals surface area (Å²) < 4.78 is 5.55. The lowest BCUT2D eigenvalue weighted by molar-refractivity contribution is -0.0235.